The van der Waals surface area contributed by atoms with Gasteiger partial charge in [0.25, 0.3) is 0 Å². The first-order valence-electron chi connectivity index (χ1n) is 11.0. The molecule has 2 amide bonds. The van der Waals surface area contributed by atoms with E-state index in [-0.39, 0.29) is 11.3 Å². The number of hydrogen-bond acceptors (Lipinski definition) is 6. The van der Waals surface area contributed by atoms with E-state index in [9.17, 15) is 19.7 Å². The molecule has 0 N–H and O–H groups in total. The highest BCUT2D eigenvalue weighted by molar-refractivity contribution is 7.10. The summed E-state index contributed by atoms with van der Waals surface area (Å²) in [6.45, 7) is 4.75. The van der Waals surface area contributed by atoms with E-state index in [0.29, 0.717) is 11.3 Å². The van der Waals surface area contributed by atoms with Crippen molar-refractivity contribution in [3.05, 3.63) is 98.2 Å². The number of nitrogens with zero attached hydrogens (tertiary/aromatic N) is 2. The van der Waals surface area contributed by atoms with Crippen molar-refractivity contribution >= 4 is 29.0 Å². The van der Waals surface area contributed by atoms with Gasteiger partial charge in [-0.15, -0.1) is 11.3 Å². The molecule has 7 nitrogen and oxygen atoms in total. The first-order chi connectivity index (χ1) is 16.1. The van der Waals surface area contributed by atoms with E-state index in [2.05, 4.69) is 0 Å². The lowest BCUT2D eigenvalue weighted by atomic mass is 9.66. The van der Waals surface area contributed by atoms with Gasteiger partial charge in [-0.05, 0) is 55.8 Å². The molecule has 2 aromatic carbocycles. The number of para-hydroxylation sites is 1. The lowest BCUT2D eigenvalue weighted by Crippen LogP contribution is -2.50. The number of rotatable bonds is 6. The van der Waals surface area contributed by atoms with Crippen molar-refractivity contribution in [3.63, 3.8) is 0 Å². The van der Waals surface area contributed by atoms with E-state index in [4.69, 9.17) is 4.74 Å². The van der Waals surface area contributed by atoms with Gasteiger partial charge >= 0.3 is 6.09 Å². The summed E-state index contributed by atoms with van der Waals surface area (Å²) in [4.78, 5) is 40.9. The monoisotopic (exact) mass is 478 g/mol. The molecule has 0 unspecified atom stereocenters. The molecule has 2 atom stereocenters. The Hall–Kier alpha value is -3.52. The van der Waals surface area contributed by atoms with Gasteiger partial charge in [0, 0.05) is 9.80 Å². The van der Waals surface area contributed by atoms with E-state index >= 15 is 0 Å². The predicted molar refractivity (Wildman–Crippen MR) is 131 cm³/mol. The normalized spacial score (nSPS) is 18.4. The molecular weight excluding hydrogens is 452 g/mol. The van der Waals surface area contributed by atoms with Crippen molar-refractivity contribution in [3.8, 4) is 0 Å². The Morgan fingerprint density at radius 1 is 1.09 bits per heavy atom. The Bertz CT molecular complexity index is 1200. The van der Waals surface area contributed by atoms with Crippen LogP contribution in [-0.4, -0.2) is 29.1 Å². The van der Waals surface area contributed by atoms with E-state index in [1.54, 1.807) is 45.0 Å². The molecule has 3 aromatic rings. The number of thiophene rings is 1. The predicted octanol–water partition coefficient (Wildman–Crippen LogP) is 5.57. The van der Waals surface area contributed by atoms with Gasteiger partial charge in [-0.1, -0.05) is 54.6 Å². The molecule has 0 spiro atoms. The molecule has 176 valence electrons. The summed E-state index contributed by atoms with van der Waals surface area (Å²) in [7, 11) is 0. The number of imide groups is 1. The zero-order chi connectivity index (χ0) is 24.5. The third-order valence-electron chi connectivity index (χ3n) is 5.93. The lowest BCUT2D eigenvalue weighted by molar-refractivity contribution is -0.484. The summed E-state index contributed by atoms with van der Waals surface area (Å²) in [6.07, 6.45) is -0.578. The fourth-order valence-corrected chi connectivity index (χ4v) is 5.55. The number of amides is 2. The fraction of sp³-hybridized carbons (Fsp3) is 0.308. The van der Waals surface area contributed by atoms with Gasteiger partial charge in [-0.2, -0.15) is 0 Å². The van der Waals surface area contributed by atoms with Crippen molar-refractivity contribution in [1.29, 1.82) is 0 Å². The summed E-state index contributed by atoms with van der Waals surface area (Å²) in [5.41, 5.74) is -0.322. The molecular formula is C26H26N2O5S. The Morgan fingerprint density at radius 2 is 1.76 bits per heavy atom. The first-order valence-corrected chi connectivity index (χ1v) is 11.9. The van der Waals surface area contributed by atoms with Crippen LogP contribution in [0.1, 0.15) is 42.7 Å². The van der Waals surface area contributed by atoms with Gasteiger partial charge in [0.2, 0.25) is 12.5 Å². The average Bonchev–Trinajstić information content (AvgIpc) is 3.38. The van der Waals surface area contributed by atoms with Crippen LogP contribution in [0.2, 0.25) is 0 Å². The van der Waals surface area contributed by atoms with Gasteiger partial charge in [0.05, 0.1) is 17.0 Å². The molecule has 0 aliphatic carbocycles. The third-order valence-corrected chi connectivity index (χ3v) is 6.91. The summed E-state index contributed by atoms with van der Waals surface area (Å²) < 4.78 is 5.58. The maximum absolute atomic E-state index is 14.3. The van der Waals surface area contributed by atoms with Crippen LogP contribution in [-0.2, 0) is 21.4 Å². The zero-order valence-corrected chi connectivity index (χ0v) is 20.1. The van der Waals surface area contributed by atoms with Crippen LogP contribution >= 0.6 is 11.3 Å². The Morgan fingerprint density at radius 3 is 2.38 bits per heavy atom. The van der Waals surface area contributed by atoms with Crippen molar-refractivity contribution in [2.24, 2.45) is 0 Å². The second kappa shape index (κ2) is 9.02. The Kier molecular flexibility index (Phi) is 6.27. The highest BCUT2D eigenvalue weighted by Gasteiger charge is 2.59. The van der Waals surface area contributed by atoms with Crippen molar-refractivity contribution in [2.75, 3.05) is 11.4 Å². The van der Waals surface area contributed by atoms with E-state index in [1.807, 2.05) is 47.8 Å². The molecule has 0 bridgehead atoms. The maximum atomic E-state index is 14.3. The maximum Gasteiger partial charge on any atom is 0.421 e. The van der Waals surface area contributed by atoms with Crippen LogP contribution < -0.4 is 4.90 Å². The second-order valence-corrected chi connectivity index (χ2v) is 10.3. The fourth-order valence-electron chi connectivity index (χ4n) is 4.63. The van der Waals surface area contributed by atoms with Crippen LogP contribution in [0, 0.1) is 10.1 Å². The number of carbonyl (C=O) groups is 2. The molecule has 0 fully saturated rings. The number of carbonyl (C=O) groups excluding carboxylic acids is 2. The number of benzene rings is 2. The van der Waals surface area contributed by atoms with Crippen LogP contribution in [0.3, 0.4) is 0 Å². The van der Waals surface area contributed by atoms with Gasteiger partial charge in [0.1, 0.15) is 5.60 Å². The number of nitro groups is 1. The molecule has 0 saturated carbocycles. The van der Waals surface area contributed by atoms with Gasteiger partial charge in [0.15, 0.2) is 0 Å². The summed E-state index contributed by atoms with van der Waals surface area (Å²) in [5.74, 6) is -1.28. The van der Waals surface area contributed by atoms with Gasteiger partial charge < -0.3 is 4.74 Å². The van der Waals surface area contributed by atoms with Crippen molar-refractivity contribution in [2.45, 2.75) is 44.1 Å². The van der Waals surface area contributed by atoms with E-state index in [0.717, 1.165) is 15.3 Å². The van der Waals surface area contributed by atoms with Crippen LogP contribution in [0.5, 0.6) is 0 Å². The molecule has 1 aromatic heterocycles. The highest BCUT2D eigenvalue weighted by atomic mass is 32.1. The summed E-state index contributed by atoms with van der Waals surface area (Å²) in [6, 6.07) is 20.1. The molecule has 2 heterocycles. The molecule has 0 saturated heterocycles. The number of fused-ring (bicyclic) bond motifs is 1. The minimum absolute atomic E-state index is 0.208. The number of hydrogen-bond donors (Lipinski definition) is 0. The second-order valence-electron chi connectivity index (χ2n) is 9.36. The van der Waals surface area contributed by atoms with Gasteiger partial charge in [-0.25, -0.2) is 9.69 Å². The van der Waals surface area contributed by atoms with Crippen molar-refractivity contribution in [1.82, 2.24) is 0 Å². The lowest BCUT2D eigenvalue weighted by Gasteiger charge is -2.34. The van der Waals surface area contributed by atoms with E-state index in [1.165, 1.54) is 11.3 Å². The standard InChI is InChI=1S/C26H26N2O5S/c1-25(2,3)33-24(30)28-21-13-8-7-12-19(21)26(23(28)29,16-18-10-5-4-6-11-18)20(17-27(31)32)22-14-9-15-34-22/h4-15,20H,16-17H2,1-3H3/t20-,26-/m0/s1. The number of ether oxygens (including phenoxy) is 1. The number of anilines is 1. The highest BCUT2D eigenvalue weighted by Crippen LogP contribution is 2.53. The van der Waals surface area contributed by atoms with E-state index < -0.39 is 35.5 Å². The molecule has 1 aliphatic heterocycles. The third kappa shape index (κ3) is 4.33. The summed E-state index contributed by atoms with van der Waals surface area (Å²) >= 11 is 1.37. The van der Waals surface area contributed by atoms with Gasteiger partial charge in [-0.3, -0.25) is 14.9 Å². The van der Waals surface area contributed by atoms with Crippen LogP contribution in [0.4, 0.5) is 10.5 Å². The zero-order valence-electron chi connectivity index (χ0n) is 19.3. The molecule has 1 aliphatic rings. The molecule has 4 rings (SSSR count). The van der Waals surface area contributed by atoms with Crippen molar-refractivity contribution < 1.29 is 19.2 Å². The quantitative estimate of drug-likeness (QED) is 0.341. The average molecular weight is 479 g/mol. The topological polar surface area (TPSA) is 89.8 Å². The van der Waals surface area contributed by atoms with Crippen LogP contribution in [0.15, 0.2) is 72.1 Å². The molecule has 0 radical (unpaired) electrons. The Balaban J connectivity index is 1.96. The largest absolute Gasteiger partial charge is 0.443 e. The Labute approximate surface area is 202 Å². The van der Waals surface area contributed by atoms with Crippen LogP contribution in [0.25, 0.3) is 0 Å². The molecule has 8 heteroatoms. The smallest absolute Gasteiger partial charge is 0.421 e. The minimum Gasteiger partial charge on any atom is -0.443 e. The SMILES string of the molecule is CC(C)(C)OC(=O)N1C(=O)[C@](Cc2ccccc2)([C@@H](C[N+](=O)[O-])c2cccs2)c2ccccc21. The minimum atomic E-state index is -1.35. The summed E-state index contributed by atoms with van der Waals surface area (Å²) in [5, 5.41) is 13.7. The molecule has 34 heavy (non-hydrogen) atoms. The first kappa shape index (κ1) is 23.6.